The van der Waals surface area contributed by atoms with E-state index >= 15 is 0 Å². The van der Waals surface area contributed by atoms with Crippen LogP contribution in [0.25, 0.3) is 0 Å². The molecule has 1 aromatic carbocycles. The highest BCUT2D eigenvalue weighted by atomic mass is 32.1. The van der Waals surface area contributed by atoms with Gasteiger partial charge in [-0.1, -0.05) is 18.2 Å². The van der Waals surface area contributed by atoms with Crippen molar-refractivity contribution in [1.29, 1.82) is 0 Å². The molecular weight excluding hydrogens is 346 g/mol. The first-order valence-corrected chi connectivity index (χ1v) is 9.46. The first-order chi connectivity index (χ1) is 12.5. The second kappa shape index (κ2) is 9.54. The predicted octanol–water partition coefficient (Wildman–Crippen LogP) is 2.77. The van der Waals surface area contributed by atoms with E-state index in [1.165, 1.54) is 0 Å². The highest BCUT2D eigenvalue weighted by Gasteiger charge is 2.19. The lowest BCUT2D eigenvalue weighted by atomic mass is 10.0. The summed E-state index contributed by atoms with van der Waals surface area (Å²) in [5, 5.41) is 6.66. The summed E-state index contributed by atoms with van der Waals surface area (Å²) in [7, 11) is 9.69. The SMILES string of the molecule is CN=C(NCC(c1ccccc1OC)N(C)C)N(C)Cc1csc(C)n1. The van der Waals surface area contributed by atoms with E-state index < -0.39 is 0 Å². The number of para-hydroxylation sites is 1. The molecule has 0 spiro atoms. The van der Waals surface area contributed by atoms with Gasteiger partial charge < -0.3 is 19.9 Å². The van der Waals surface area contributed by atoms with Crippen molar-refractivity contribution in [3.05, 3.63) is 45.9 Å². The number of hydrogen-bond donors (Lipinski definition) is 1. The summed E-state index contributed by atoms with van der Waals surface area (Å²) in [5.74, 6) is 1.74. The van der Waals surface area contributed by atoms with Crippen molar-refractivity contribution in [3.63, 3.8) is 0 Å². The van der Waals surface area contributed by atoms with Gasteiger partial charge in [-0.15, -0.1) is 11.3 Å². The summed E-state index contributed by atoms with van der Waals surface area (Å²) in [4.78, 5) is 13.2. The van der Waals surface area contributed by atoms with Crippen LogP contribution < -0.4 is 10.1 Å². The highest BCUT2D eigenvalue weighted by molar-refractivity contribution is 7.09. The molecule has 2 rings (SSSR count). The van der Waals surface area contributed by atoms with Gasteiger partial charge in [0.25, 0.3) is 0 Å². The molecule has 6 nitrogen and oxygen atoms in total. The Labute approximate surface area is 160 Å². The minimum atomic E-state index is 0.165. The molecule has 7 heteroatoms. The van der Waals surface area contributed by atoms with Crippen molar-refractivity contribution in [2.75, 3.05) is 41.8 Å². The minimum absolute atomic E-state index is 0.165. The van der Waals surface area contributed by atoms with E-state index in [2.05, 4.69) is 50.6 Å². The molecule has 1 heterocycles. The number of aliphatic imine (C=N–C) groups is 1. The third kappa shape index (κ3) is 5.19. The average molecular weight is 376 g/mol. The van der Waals surface area contributed by atoms with Crippen LogP contribution >= 0.6 is 11.3 Å². The van der Waals surface area contributed by atoms with Crippen LogP contribution in [0.4, 0.5) is 0 Å². The molecule has 0 saturated heterocycles. The van der Waals surface area contributed by atoms with E-state index in [4.69, 9.17) is 4.74 Å². The maximum Gasteiger partial charge on any atom is 0.193 e. The van der Waals surface area contributed by atoms with Gasteiger partial charge in [-0.05, 0) is 27.1 Å². The van der Waals surface area contributed by atoms with E-state index in [1.54, 1.807) is 25.5 Å². The number of methoxy groups -OCH3 is 1. The lowest BCUT2D eigenvalue weighted by Gasteiger charge is -2.29. The van der Waals surface area contributed by atoms with Crippen molar-refractivity contribution in [3.8, 4) is 5.75 Å². The van der Waals surface area contributed by atoms with Crippen LogP contribution in [0.5, 0.6) is 5.75 Å². The summed E-state index contributed by atoms with van der Waals surface area (Å²) in [6.07, 6.45) is 0. The van der Waals surface area contributed by atoms with Crippen molar-refractivity contribution < 1.29 is 4.74 Å². The minimum Gasteiger partial charge on any atom is -0.496 e. The largest absolute Gasteiger partial charge is 0.496 e. The molecule has 0 fully saturated rings. The quantitative estimate of drug-likeness (QED) is 0.596. The number of thiazole rings is 1. The number of aromatic nitrogens is 1. The number of aryl methyl sites for hydroxylation is 1. The molecule has 142 valence electrons. The van der Waals surface area contributed by atoms with Crippen molar-refractivity contribution in [2.24, 2.45) is 4.99 Å². The lowest BCUT2D eigenvalue weighted by Crippen LogP contribution is -2.42. The number of guanidine groups is 1. The molecule has 0 radical (unpaired) electrons. The molecule has 0 aliphatic heterocycles. The first kappa shape index (κ1) is 20.2. The Morgan fingerprint density at radius 1 is 1.31 bits per heavy atom. The van der Waals surface area contributed by atoms with Gasteiger partial charge in [0.15, 0.2) is 5.96 Å². The van der Waals surface area contributed by atoms with Crippen LogP contribution in [0.1, 0.15) is 22.3 Å². The maximum absolute atomic E-state index is 5.54. The second-order valence-corrected chi connectivity index (χ2v) is 7.43. The molecule has 0 aliphatic carbocycles. The fourth-order valence-corrected chi connectivity index (χ4v) is 3.49. The first-order valence-electron chi connectivity index (χ1n) is 8.58. The third-order valence-corrected chi connectivity index (χ3v) is 5.04. The van der Waals surface area contributed by atoms with Crippen molar-refractivity contribution in [2.45, 2.75) is 19.5 Å². The summed E-state index contributed by atoms with van der Waals surface area (Å²) >= 11 is 1.67. The summed E-state index contributed by atoms with van der Waals surface area (Å²) in [5.41, 5.74) is 2.22. The van der Waals surface area contributed by atoms with Crippen LogP contribution in [0.3, 0.4) is 0 Å². The number of rotatable bonds is 7. The monoisotopic (exact) mass is 375 g/mol. The highest BCUT2D eigenvalue weighted by Crippen LogP contribution is 2.27. The summed E-state index contributed by atoms with van der Waals surface area (Å²) < 4.78 is 5.54. The summed E-state index contributed by atoms with van der Waals surface area (Å²) in [6, 6.07) is 8.30. The van der Waals surface area contributed by atoms with Gasteiger partial charge in [-0.2, -0.15) is 0 Å². The fraction of sp³-hybridized carbons (Fsp3) is 0.474. The Morgan fingerprint density at radius 2 is 2.04 bits per heavy atom. The molecule has 0 aliphatic rings. The number of hydrogen-bond acceptors (Lipinski definition) is 5. The molecule has 0 amide bonds. The van der Waals surface area contributed by atoms with Gasteiger partial charge in [0.05, 0.1) is 30.4 Å². The Kier molecular flexibility index (Phi) is 7.41. The van der Waals surface area contributed by atoms with E-state index in [0.717, 1.165) is 41.1 Å². The van der Waals surface area contributed by atoms with E-state index in [0.29, 0.717) is 0 Å². The summed E-state index contributed by atoms with van der Waals surface area (Å²) in [6.45, 7) is 3.47. The van der Waals surface area contributed by atoms with E-state index in [1.807, 2.05) is 32.2 Å². The number of likely N-dealkylation sites (N-methyl/N-ethyl adjacent to an activating group) is 1. The van der Waals surface area contributed by atoms with Crippen LogP contribution in [-0.2, 0) is 6.54 Å². The zero-order chi connectivity index (χ0) is 19.1. The van der Waals surface area contributed by atoms with Crippen LogP contribution in [0.15, 0.2) is 34.6 Å². The molecule has 26 heavy (non-hydrogen) atoms. The van der Waals surface area contributed by atoms with Gasteiger partial charge in [0.1, 0.15) is 5.75 Å². The van der Waals surface area contributed by atoms with Gasteiger partial charge in [0, 0.05) is 31.6 Å². The average Bonchev–Trinajstić information content (AvgIpc) is 3.03. The van der Waals surface area contributed by atoms with Crippen LogP contribution in [-0.4, -0.2) is 62.6 Å². The van der Waals surface area contributed by atoms with Gasteiger partial charge in [-0.3, -0.25) is 4.99 Å². The number of nitrogens with one attached hydrogen (secondary N) is 1. The standard InChI is InChI=1S/C19H29N5OS/c1-14-22-15(13-26-14)12-24(5)19(20-2)21-11-17(23(3)4)16-9-7-8-10-18(16)25-6/h7-10,13,17H,11-12H2,1-6H3,(H,20,21). The molecule has 1 unspecified atom stereocenters. The molecule has 0 bridgehead atoms. The van der Waals surface area contributed by atoms with Crippen LogP contribution in [0.2, 0.25) is 0 Å². The second-order valence-electron chi connectivity index (χ2n) is 6.36. The molecule has 0 saturated carbocycles. The maximum atomic E-state index is 5.54. The Bertz CT molecular complexity index is 728. The Hall–Kier alpha value is -2.12. The Morgan fingerprint density at radius 3 is 2.62 bits per heavy atom. The zero-order valence-corrected chi connectivity index (χ0v) is 17.3. The number of nitrogens with zero attached hydrogens (tertiary/aromatic N) is 4. The number of benzene rings is 1. The topological polar surface area (TPSA) is 53.0 Å². The van der Waals surface area contributed by atoms with Gasteiger partial charge in [-0.25, -0.2) is 4.98 Å². The van der Waals surface area contributed by atoms with Gasteiger partial charge >= 0.3 is 0 Å². The third-order valence-electron chi connectivity index (χ3n) is 4.21. The molecule has 1 aromatic heterocycles. The fourth-order valence-electron chi connectivity index (χ4n) is 2.88. The normalized spacial score (nSPS) is 13.0. The Balaban J connectivity index is 2.06. The van der Waals surface area contributed by atoms with Crippen molar-refractivity contribution in [1.82, 2.24) is 20.1 Å². The van der Waals surface area contributed by atoms with Crippen molar-refractivity contribution >= 4 is 17.3 Å². The zero-order valence-electron chi connectivity index (χ0n) is 16.5. The molecule has 1 N–H and O–H groups in total. The molecule has 2 aromatic rings. The predicted molar refractivity (Wildman–Crippen MR) is 109 cm³/mol. The molecular formula is C19H29N5OS. The number of ether oxygens (including phenoxy) is 1. The van der Waals surface area contributed by atoms with E-state index in [-0.39, 0.29) is 6.04 Å². The smallest absolute Gasteiger partial charge is 0.193 e. The van der Waals surface area contributed by atoms with E-state index in [9.17, 15) is 0 Å². The van der Waals surface area contributed by atoms with Crippen LogP contribution in [0, 0.1) is 6.92 Å². The molecule has 1 atom stereocenters. The van der Waals surface area contributed by atoms with Gasteiger partial charge in [0.2, 0.25) is 0 Å². The lowest BCUT2D eigenvalue weighted by molar-refractivity contribution is 0.285.